The molecule has 0 fully saturated rings. The fraction of sp³-hybridized carbons (Fsp3) is 0.636. The molecular formula is C11H17N3S. The van der Waals surface area contributed by atoms with Crippen LogP contribution in [0, 0.1) is 11.8 Å². The molecule has 82 valence electrons. The number of nitrogens with one attached hydrogen (secondary N) is 1. The van der Waals surface area contributed by atoms with Crippen molar-refractivity contribution in [2.45, 2.75) is 26.7 Å². The maximum Gasteiger partial charge on any atom is 0.130 e. The van der Waals surface area contributed by atoms with Crippen LogP contribution in [0.2, 0.25) is 0 Å². The highest BCUT2D eigenvalue weighted by atomic mass is 32.1. The first-order valence-electron chi connectivity index (χ1n) is 5.42. The molecule has 1 aliphatic carbocycles. The standard InChI is InChI=1S/C11H17N3S/c1-8-3-9(2)5-10(4-8)6-12-11-7-13-14-15-11/h3,7-8,10,12H,4-6H2,1-2H3. The summed E-state index contributed by atoms with van der Waals surface area (Å²) in [4.78, 5) is 0. The number of anilines is 1. The summed E-state index contributed by atoms with van der Waals surface area (Å²) in [6, 6.07) is 0. The average molecular weight is 223 g/mol. The van der Waals surface area contributed by atoms with Crippen LogP contribution in [0.25, 0.3) is 0 Å². The predicted molar refractivity (Wildman–Crippen MR) is 64.0 cm³/mol. The maximum absolute atomic E-state index is 3.83. The molecule has 1 aromatic rings. The fourth-order valence-electron chi connectivity index (χ4n) is 2.33. The van der Waals surface area contributed by atoms with Crippen molar-refractivity contribution in [2.24, 2.45) is 11.8 Å². The van der Waals surface area contributed by atoms with E-state index in [0.29, 0.717) is 0 Å². The lowest BCUT2D eigenvalue weighted by Crippen LogP contribution is -2.19. The number of aromatic nitrogens is 2. The van der Waals surface area contributed by atoms with Gasteiger partial charge in [-0.25, -0.2) is 0 Å². The van der Waals surface area contributed by atoms with E-state index < -0.39 is 0 Å². The van der Waals surface area contributed by atoms with E-state index in [2.05, 4.69) is 34.8 Å². The summed E-state index contributed by atoms with van der Waals surface area (Å²) in [6.07, 6.45) is 6.70. The molecule has 0 spiro atoms. The molecule has 1 heterocycles. The van der Waals surface area contributed by atoms with Gasteiger partial charge in [0.05, 0.1) is 6.20 Å². The Morgan fingerprint density at radius 1 is 1.60 bits per heavy atom. The molecule has 0 saturated heterocycles. The second-order valence-electron chi connectivity index (χ2n) is 4.46. The van der Waals surface area contributed by atoms with Gasteiger partial charge in [0, 0.05) is 18.1 Å². The Labute approximate surface area is 94.8 Å². The van der Waals surface area contributed by atoms with Crippen molar-refractivity contribution in [3.63, 3.8) is 0 Å². The van der Waals surface area contributed by atoms with Crippen molar-refractivity contribution in [1.29, 1.82) is 0 Å². The van der Waals surface area contributed by atoms with Crippen molar-refractivity contribution >= 4 is 16.5 Å². The largest absolute Gasteiger partial charge is 0.374 e. The molecule has 4 heteroatoms. The van der Waals surface area contributed by atoms with Gasteiger partial charge in [0.1, 0.15) is 5.00 Å². The van der Waals surface area contributed by atoms with Crippen LogP contribution >= 0.6 is 11.5 Å². The van der Waals surface area contributed by atoms with Gasteiger partial charge in [-0.05, 0) is 31.6 Å². The van der Waals surface area contributed by atoms with E-state index in [1.54, 1.807) is 6.20 Å². The predicted octanol–water partition coefficient (Wildman–Crippen LogP) is 2.94. The van der Waals surface area contributed by atoms with Crippen LogP contribution in [-0.2, 0) is 0 Å². The molecular weight excluding hydrogens is 206 g/mol. The third kappa shape index (κ3) is 3.02. The SMILES string of the molecule is CC1=CC(C)CC(CNc2cnns2)C1. The first-order chi connectivity index (χ1) is 7.24. The van der Waals surface area contributed by atoms with Gasteiger partial charge in [-0.1, -0.05) is 23.1 Å². The molecule has 2 unspecified atom stereocenters. The average Bonchev–Trinajstić information content (AvgIpc) is 2.65. The van der Waals surface area contributed by atoms with E-state index in [0.717, 1.165) is 23.4 Å². The maximum atomic E-state index is 3.83. The Kier molecular flexibility index (Phi) is 3.36. The van der Waals surface area contributed by atoms with E-state index in [1.807, 2.05) is 0 Å². The zero-order valence-electron chi connectivity index (χ0n) is 9.23. The van der Waals surface area contributed by atoms with E-state index in [-0.39, 0.29) is 0 Å². The molecule has 0 amide bonds. The molecule has 0 aliphatic heterocycles. The lowest BCUT2D eigenvalue weighted by atomic mass is 9.84. The molecule has 0 aromatic carbocycles. The van der Waals surface area contributed by atoms with E-state index in [1.165, 1.54) is 29.9 Å². The summed E-state index contributed by atoms with van der Waals surface area (Å²) in [7, 11) is 0. The minimum absolute atomic E-state index is 0.727. The summed E-state index contributed by atoms with van der Waals surface area (Å²) in [5, 5.41) is 8.29. The molecule has 0 radical (unpaired) electrons. The summed E-state index contributed by atoms with van der Waals surface area (Å²) in [5.41, 5.74) is 1.53. The Balaban J connectivity index is 1.83. The Morgan fingerprint density at radius 2 is 2.47 bits per heavy atom. The van der Waals surface area contributed by atoms with Crippen LogP contribution in [0.5, 0.6) is 0 Å². The highest BCUT2D eigenvalue weighted by molar-refractivity contribution is 7.09. The molecule has 1 N–H and O–H groups in total. The molecule has 1 aliphatic rings. The Morgan fingerprint density at radius 3 is 3.13 bits per heavy atom. The molecule has 0 bridgehead atoms. The molecule has 1 aromatic heterocycles. The zero-order valence-corrected chi connectivity index (χ0v) is 10.0. The van der Waals surface area contributed by atoms with Crippen molar-refractivity contribution in [3.05, 3.63) is 17.8 Å². The van der Waals surface area contributed by atoms with Gasteiger partial charge in [0.25, 0.3) is 0 Å². The zero-order chi connectivity index (χ0) is 10.7. The smallest absolute Gasteiger partial charge is 0.130 e. The molecule has 15 heavy (non-hydrogen) atoms. The molecule has 3 nitrogen and oxygen atoms in total. The minimum atomic E-state index is 0.727. The topological polar surface area (TPSA) is 37.8 Å². The van der Waals surface area contributed by atoms with Crippen molar-refractivity contribution in [1.82, 2.24) is 9.59 Å². The van der Waals surface area contributed by atoms with Crippen molar-refractivity contribution in [3.8, 4) is 0 Å². The lowest BCUT2D eigenvalue weighted by Gasteiger charge is -2.25. The number of hydrogen-bond acceptors (Lipinski definition) is 4. The minimum Gasteiger partial charge on any atom is -0.374 e. The van der Waals surface area contributed by atoms with Crippen molar-refractivity contribution < 1.29 is 0 Å². The normalized spacial score (nSPS) is 26.1. The molecule has 0 saturated carbocycles. The Hall–Kier alpha value is -0.900. The van der Waals surface area contributed by atoms with Gasteiger partial charge in [0.2, 0.25) is 0 Å². The van der Waals surface area contributed by atoms with Crippen LogP contribution < -0.4 is 5.32 Å². The highest BCUT2D eigenvalue weighted by Gasteiger charge is 2.17. The van der Waals surface area contributed by atoms with Crippen LogP contribution in [0.1, 0.15) is 26.7 Å². The van der Waals surface area contributed by atoms with Crippen LogP contribution in [0.4, 0.5) is 5.00 Å². The highest BCUT2D eigenvalue weighted by Crippen LogP contribution is 2.28. The first-order valence-corrected chi connectivity index (χ1v) is 6.20. The monoisotopic (exact) mass is 223 g/mol. The molecule has 2 atom stereocenters. The summed E-state index contributed by atoms with van der Waals surface area (Å²) in [6.45, 7) is 5.57. The second-order valence-corrected chi connectivity index (χ2v) is 5.24. The van der Waals surface area contributed by atoms with Gasteiger partial charge in [-0.3, -0.25) is 0 Å². The van der Waals surface area contributed by atoms with Crippen LogP contribution in [-0.4, -0.2) is 16.1 Å². The van der Waals surface area contributed by atoms with E-state index in [9.17, 15) is 0 Å². The summed E-state index contributed by atoms with van der Waals surface area (Å²) in [5.74, 6) is 1.48. The third-order valence-corrected chi connectivity index (χ3v) is 3.43. The number of rotatable bonds is 3. The number of nitrogens with zero attached hydrogens (tertiary/aromatic N) is 2. The van der Waals surface area contributed by atoms with E-state index >= 15 is 0 Å². The number of allylic oxidation sites excluding steroid dienone is 2. The fourth-order valence-corrected chi connectivity index (χ4v) is 2.76. The quantitative estimate of drug-likeness (QED) is 0.801. The van der Waals surface area contributed by atoms with Gasteiger partial charge in [-0.2, -0.15) is 0 Å². The van der Waals surface area contributed by atoms with Gasteiger partial charge < -0.3 is 5.32 Å². The number of hydrogen-bond donors (Lipinski definition) is 1. The van der Waals surface area contributed by atoms with Gasteiger partial charge in [-0.15, -0.1) is 5.10 Å². The molecule has 2 rings (SSSR count). The lowest BCUT2D eigenvalue weighted by molar-refractivity contribution is 0.421. The first kappa shape index (κ1) is 10.6. The summed E-state index contributed by atoms with van der Waals surface area (Å²) >= 11 is 1.43. The van der Waals surface area contributed by atoms with E-state index in [4.69, 9.17) is 0 Å². The van der Waals surface area contributed by atoms with Crippen molar-refractivity contribution in [2.75, 3.05) is 11.9 Å². The van der Waals surface area contributed by atoms with Crippen LogP contribution in [0.15, 0.2) is 17.8 Å². The van der Waals surface area contributed by atoms with Gasteiger partial charge >= 0.3 is 0 Å². The third-order valence-electron chi connectivity index (χ3n) is 2.81. The van der Waals surface area contributed by atoms with Crippen LogP contribution in [0.3, 0.4) is 0 Å². The Bertz CT molecular complexity index is 332. The van der Waals surface area contributed by atoms with Gasteiger partial charge in [0.15, 0.2) is 0 Å². The second kappa shape index (κ2) is 4.75. The summed E-state index contributed by atoms with van der Waals surface area (Å²) < 4.78 is 3.83.